The second-order valence-electron chi connectivity index (χ2n) is 4.61. The lowest BCUT2D eigenvalue weighted by Gasteiger charge is -2.08. The zero-order valence-electron chi connectivity index (χ0n) is 11.4. The Labute approximate surface area is 127 Å². The average Bonchev–Trinajstić information content (AvgIpc) is 2.95. The molecule has 0 aliphatic rings. The molecule has 0 saturated carbocycles. The van der Waals surface area contributed by atoms with Crippen LogP contribution in [0.5, 0.6) is 0 Å². The highest BCUT2D eigenvalue weighted by Gasteiger charge is 2.22. The van der Waals surface area contributed by atoms with E-state index in [2.05, 4.69) is 10.3 Å². The number of halogens is 3. The maximum absolute atomic E-state index is 13.5. The van der Waals surface area contributed by atoms with E-state index in [-0.39, 0.29) is 16.9 Å². The second kappa shape index (κ2) is 5.56. The molecule has 1 N–H and O–H groups in total. The summed E-state index contributed by atoms with van der Waals surface area (Å²) < 4.78 is 41.0. The summed E-state index contributed by atoms with van der Waals surface area (Å²) in [5, 5.41) is 16.4. The lowest BCUT2D eigenvalue weighted by Crippen LogP contribution is -2.04. The Morgan fingerprint density at radius 1 is 1.04 bits per heavy atom. The van der Waals surface area contributed by atoms with Crippen molar-refractivity contribution in [1.82, 2.24) is 15.0 Å². The van der Waals surface area contributed by atoms with Crippen LogP contribution in [-0.4, -0.2) is 26.1 Å². The first-order valence-corrected chi connectivity index (χ1v) is 6.37. The number of hydrogen-bond donors (Lipinski definition) is 1. The van der Waals surface area contributed by atoms with Crippen LogP contribution in [-0.2, 0) is 0 Å². The summed E-state index contributed by atoms with van der Waals surface area (Å²) in [5.74, 6) is -4.18. The van der Waals surface area contributed by atoms with Gasteiger partial charge in [0.05, 0.1) is 5.69 Å². The molecule has 0 unspecified atom stereocenters. The molecule has 1 aromatic heterocycles. The Morgan fingerprint density at radius 2 is 1.83 bits per heavy atom. The first-order valence-electron chi connectivity index (χ1n) is 6.37. The van der Waals surface area contributed by atoms with E-state index < -0.39 is 29.1 Å². The molecule has 0 aliphatic heterocycles. The average molecular weight is 319 g/mol. The Kier molecular flexibility index (Phi) is 3.57. The molecule has 3 rings (SSSR count). The number of aromatic nitrogens is 3. The van der Waals surface area contributed by atoms with Gasteiger partial charge in [-0.3, -0.25) is 0 Å². The highest BCUT2D eigenvalue weighted by atomic mass is 19.2. The van der Waals surface area contributed by atoms with E-state index >= 15 is 0 Å². The molecule has 0 saturated heterocycles. The van der Waals surface area contributed by atoms with Gasteiger partial charge in [-0.25, -0.2) is 22.6 Å². The third kappa shape index (κ3) is 2.66. The van der Waals surface area contributed by atoms with Crippen molar-refractivity contribution >= 4 is 5.97 Å². The summed E-state index contributed by atoms with van der Waals surface area (Å²) >= 11 is 0. The summed E-state index contributed by atoms with van der Waals surface area (Å²) in [7, 11) is 0. The van der Waals surface area contributed by atoms with Crippen molar-refractivity contribution in [2.24, 2.45) is 0 Å². The minimum Gasteiger partial charge on any atom is -0.476 e. The Bertz CT molecular complexity index is 909. The van der Waals surface area contributed by atoms with Crippen molar-refractivity contribution < 1.29 is 23.1 Å². The molecule has 5 nitrogen and oxygen atoms in total. The van der Waals surface area contributed by atoms with Gasteiger partial charge in [-0.2, -0.15) is 0 Å². The van der Waals surface area contributed by atoms with Crippen LogP contribution in [0.15, 0.2) is 42.5 Å². The molecule has 0 bridgehead atoms. The van der Waals surface area contributed by atoms with E-state index in [1.54, 1.807) is 0 Å². The topological polar surface area (TPSA) is 68.0 Å². The van der Waals surface area contributed by atoms with Gasteiger partial charge < -0.3 is 5.11 Å². The van der Waals surface area contributed by atoms with Crippen molar-refractivity contribution in [3.05, 3.63) is 65.6 Å². The highest BCUT2D eigenvalue weighted by molar-refractivity contribution is 5.93. The highest BCUT2D eigenvalue weighted by Crippen LogP contribution is 2.27. The Balaban J connectivity index is 2.26. The van der Waals surface area contributed by atoms with Crippen LogP contribution in [0.25, 0.3) is 16.9 Å². The number of carboxylic acids is 1. The van der Waals surface area contributed by atoms with Crippen LogP contribution in [0.2, 0.25) is 0 Å². The van der Waals surface area contributed by atoms with Crippen molar-refractivity contribution in [2.45, 2.75) is 0 Å². The predicted octanol–water partition coefficient (Wildman–Crippen LogP) is 3.05. The van der Waals surface area contributed by atoms with Crippen molar-refractivity contribution in [2.75, 3.05) is 0 Å². The third-order valence-electron chi connectivity index (χ3n) is 3.12. The fourth-order valence-electron chi connectivity index (χ4n) is 2.12. The van der Waals surface area contributed by atoms with Crippen molar-refractivity contribution in [3.63, 3.8) is 0 Å². The van der Waals surface area contributed by atoms with E-state index in [4.69, 9.17) is 0 Å². The number of carbonyl (C=O) groups is 1. The van der Waals surface area contributed by atoms with E-state index in [0.717, 1.165) is 22.9 Å². The monoisotopic (exact) mass is 319 g/mol. The van der Waals surface area contributed by atoms with Crippen molar-refractivity contribution in [1.29, 1.82) is 0 Å². The van der Waals surface area contributed by atoms with Gasteiger partial charge in [0.25, 0.3) is 0 Å². The number of rotatable bonds is 3. The minimum absolute atomic E-state index is 0.0514. The van der Waals surface area contributed by atoms with E-state index in [1.807, 2.05) is 0 Å². The number of carboxylic acid groups (broad SMARTS) is 1. The molecule has 8 heteroatoms. The molecular formula is C15H8F3N3O2. The van der Waals surface area contributed by atoms with Gasteiger partial charge in [-0.15, -0.1) is 5.10 Å². The van der Waals surface area contributed by atoms with Gasteiger partial charge in [0.2, 0.25) is 0 Å². The van der Waals surface area contributed by atoms with Gasteiger partial charge >= 0.3 is 5.97 Å². The molecular weight excluding hydrogens is 311 g/mol. The van der Waals surface area contributed by atoms with E-state index in [1.165, 1.54) is 24.3 Å². The maximum Gasteiger partial charge on any atom is 0.358 e. The van der Waals surface area contributed by atoms with Crippen LogP contribution in [0.4, 0.5) is 13.2 Å². The molecule has 0 amide bonds. The maximum atomic E-state index is 13.5. The minimum atomic E-state index is -1.40. The third-order valence-corrected chi connectivity index (χ3v) is 3.12. The zero-order chi connectivity index (χ0) is 16.6. The molecule has 23 heavy (non-hydrogen) atoms. The van der Waals surface area contributed by atoms with Crippen LogP contribution in [0.3, 0.4) is 0 Å². The molecule has 0 atom stereocenters. The number of aromatic carboxylic acids is 1. The van der Waals surface area contributed by atoms with Gasteiger partial charge in [-0.05, 0) is 36.4 Å². The lowest BCUT2D eigenvalue weighted by atomic mass is 10.1. The summed E-state index contributed by atoms with van der Waals surface area (Å²) in [4.78, 5) is 11.3. The summed E-state index contributed by atoms with van der Waals surface area (Å²) in [6.07, 6.45) is 0. The fourth-order valence-corrected chi connectivity index (χ4v) is 2.12. The number of hydrogen-bond acceptors (Lipinski definition) is 3. The summed E-state index contributed by atoms with van der Waals surface area (Å²) in [6, 6.07) is 8.09. The van der Waals surface area contributed by atoms with Crippen LogP contribution >= 0.6 is 0 Å². The molecule has 116 valence electrons. The molecule has 0 aliphatic carbocycles. The molecule has 3 aromatic rings. The van der Waals surface area contributed by atoms with Gasteiger partial charge in [0.15, 0.2) is 17.3 Å². The van der Waals surface area contributed by atoms with Gasteiger partial charge in [0, 0.05) is 5.56 Å². The fraction of sp³-hybridized carbons (Fsp3) is 0. The molecule has 0 fully saturated rings. The van der Waals surface area contributed by atoms with Gasteiger partial charge in [-0.1, -0.05) is 11.3 Å². The standard InChI is InChI=1S/C15H8F3N3O2/c16-9-2-1-3-10(7-9)21-14(13(15(22)23)19-20-21)8-4-5-11(17)12(18)6-8/h1-7H,(H,22,23). The van der Waals surface area contributed by atoms with Crippen LogP contribution in [0, 0.1) is 17.5 Å². The molecule has 2 aromatic carbocycles. The Hall–Kier alpha value is -3.16. The largest absolute Gasteiger partial charge is 0.476 e. The first kappa shape index (κ1) is 14.8. The quantitative estimate of drug-likeness (QED) is 0.805. The first-order chi connectivity index (χ1) is 11.0. The summed E-state index contributed by atoms with van der Waals surface area (Å²) in [5.41, 5.74) is -0.289. The number of benzene rings is 2. The van der Waals surface area contributed by atoms with Crippen LogP contribution < -0.4 is 0 Å². The molecule has 1 heterocycles. The normalized spacial score (nSPS) is 10.7. The van der Waals surface area contributed by atoms with Gasteiger partial charge in [0.1, 0.15) is 11.5 Å². The van der Waals surface area contributed by atoms with Crippen LogP contribution in [0.1, 0.15) is 10.5 Å². The zero-order valence-corrected chi connectivity index (χ0v) is 11.4. The second-order valence-corrected chi connectivity index (χ2v) is 4.61. The SMILES string of the molecule is O=C(O)c1nnn(-c2cccc(F)c2)c1-c1ccc(F)c(F)c1. The number of nitrogens with zero attached hydrogens (tertiary/aromatic N) is 3. The smallest absolute Gasteiger partial charge is 0.358 e. The van der Waals surface area contributed by atoms with E-state index in [0.29, 0.717) is 0 Å². The van der Waals surface area contributed by atoms with Crippen molar-refractivity contribution in [3.8, 4) is 16.9 Å². The lowest BCUT2D eigenvalue weighted by molar-refractivity contribution is 0.0691. The molecule has 0 radical (unpaired) electrons. The van der Waals surface area contributed by atoms with E-state index in [9.17, 15) is 23.1 Å². The summed E-state index contributed by atoms with van der Waals surface area (Å²) in [6.45, 7) is 0. The predicted molar refractivity (Wildman–Crippen MR) is 73.6 cm³/mol. The molecule has 0 spiro atoms. The Morgan fingerprint density at radius 3 is 2.48 bits per heavy atom.